The summed E-state index contributed by atoms with van der Waals surface area (Å²) in [7, 11) is 0. The molecule has 0 saturated carbocycles. The Kier molecular flexibility index (Phi) is 2.12. The van der Waals surface area contributed by atoms with Crippen molar-refractivity contribution in [3.05, 3.63) is 35.6 Å². The smallest absolute Gasteiger partial charge is 0.356 e. The van der Waals surface area contributed by atoms with E-state index in [1.54, 1.807) is 11.6 Å². The van der Waals surface area contributed by atoms with Gasteiger partial charge >= 0.3 is 5.97 Å². The fraction of sp³-hybridized carbons (Fsp3) is 0. The Morgan fingerprint density at radius 3 is 3.12 bits per heavy atom. The van der Waals surface area contributed by atoms with Crippen molar-refractivity contribution in [3.63, 3.8) is 0 Å². The molecule has 2 heterocycles. The Labute approximate surface area is 99.1 Å². The molecule has 3 rings (SSSR count). The summed E-state index contributed by atoms with van der Waals surface area (Å²) >= 11 is 1.49. The minimum absolute atomic E-state index is 0.0360. The second-order valence-corrected chi connectivity index (χ2v) is 4.23. The maximum atomic E-state index is 11.0. The zero-order valence-electron chi connectivity index (χ0n) is 8.44. The lowest BCUT2D eigenvalue weighted by molar-refractivity contribution is 0.0687. The van der Waals surface area contributed by atoms with Crippen LogP contribution in [0.15, 0.2) is 29.9 Å². The molecule has 1 aromatic carbocycles. The van der Waals surface area contributed by atoms with Gasteiger partial charge in [-0.15, -0.1) is 16.4 Å². The van der Waals surface area contributed by atoms with E-state index in [-0.39, 0.29) is 5.69 Å². The molecule has 7 heteroatoms. The molecular weight excluding hydrogens is 240 g/mol. The van der Waals surface area contributed by atoms with Gasteiger partial charge < -0.3 is 5.11 Å². The van der Waals surface area contributed by atoms with E-state index in [0.717, 1.165) is 10.2 Å². The SMILES string of the molecule is O=C(O)c1cnnn1-c1ccc2ncsc2c1. The molecule has 84 valence electrons. The molecule has 0 bridgehead atoms. The summed E-state index contributed by atoms with van der Waals surface area (Å²) in [6.07, 6.45) is 1.22. The van der Waals surface area contributed by atoms with Crippen molar-refractivity contribution in [2.45, 2.75) is 0 Å². The first kappa shape index (κ1) is 9.91. The average molecular weight is 246 g/mol. The van der Waals surface area contributed by atoms with Crippen molar-refractivity contribution in [2.75, 3.05) is 0 Å². The summed E-state index contributed by atoms with van der Waals surface area (Å²) in [5.74, 6) is -1.06. The number of carboxylic acid groups (broad SMARTS) is 1. The molecule has 0 aliphatic carbocycles. The highest BCUT2D eigenvalue weighted by molar-refractivity contribution is 7.16. The van der Waals surface area contributed by atoms with Gasteiger partial charge in [0, 0.05) is 0 Å². The van der Waals surface area contributed by atoms with Gasteiger partial charge in [0.1, 0.15) is 0 Å². The molecule has 0 fully saturated rings. The molecule has 0 saturated heterocycles. The van der Waals surface area contributed by atoms with Crippen LogP contribution < -0.4 is 0 Å². The third-order valence-corrected chi connectivity index (χ3v) is 3.12. The highest BCUT2D eigenvalue weighted by atomic mass is 32.1. The summed E-state index contributed by atoms with van der Waals surface area (Å²) in [4.78, 5) is 15.1. The van der Waals surface area contributed by atoms with Gasteiger partial charge in [-0.05, 0) is 18.2 Å². The van der Waals surface area contributed by atoms with Crippen LogP contribution in [-0.4, -0.2) is 31.1 Å². The molecule has 0 atom stereocenters. The van der Waals surface area contributed by atoms with Crippen LogP contribution >= 0.6 is 11.3 Å². The number of aromatic nitrogens is 4. The van der Waals surface area contributed by atoms with Crippen molar-refractivity contribution in [1.29, 1.82) is 0 Å². The molecule has 17 heavy (non-hydrogen) atoms. The molecule has 0 aliphatic rings. The van der Waals surface area contributed by atoms with E-state index >= 15 is 0 Å². The third kappa shape index (κ3) is 1.56. The van der Waals surface area contributed by atoms with Gasteiger partial charge in [0.25, 0.3) is 0 Å². The maximum Gasteiger partial charge on any atom is 0.356 e. The Bertz CT molecular complexity index is 703. The first-order valence-electron chi connectivity index (χ1n) is 4.73. The van der Waals surface area contributed by atoms with Crippen LogP contribution in [0.2, 0.25) is 0 Å². The van der Waals surface area contributed by atoms with E-state index in [4.69, 9.17) is 5.11 Å². The zero-order valence-corrected chi connectivity index (χ0v) is 9.26. The monoisotopic (exact) mass is 246 g/mol. The number of hydrogen-bond donors (Lipinski definition) is 1. The highest BCUT2D eigenvalue weighted by Crippen LogP contribution is 2.21. The summed E-state index contributed by atoms with van der Waals surface area (Å²) < 4.78 is 2.27. The van der Waals surface area contributed by atoms with Gasteiger partial charge in [0.05, 0.1) is 27.6 Å². The maximum absolute atomic E-state index is 11.0. The van der Waals surface area contributed by atoms with Crippen LogP contribution in [0, 0.1) is 0 Å². The fourth-order valence-corrected chi connectivity index (χ4v) is 2.26. The quantitative estimate of drug-likeness (QED) is 0.742. The third-order valence-electron chi connectivity index (χ3n) is 2.33. The number of nitrogens with zero attached hydrogens (tertiary/aromatic N) is 4. The number of rotatable bonds is 2. The normalized spacial score (nSPS) is 10.8. The van der Waals surface area contributed by atoms with Gasteiger partial charge in [-0.25, -0.2) is 14.5 Å². The standard InChI is InChI=1S/C10H6N4O2S/c15-10(16)8-4-12-13-14(8)6-1-2-7-9(3-6)17-5-11-7/h1-5H,(H,15,16). The molecule has 2 aromatic heterocycles. The highest BCUT2D eigenvalue weighted by Gasteiger charge is 2.13. The van der Waals surface area contributed by atoms with E-state index in [9.17, 15) is 4.79 Å². The van der Waals surface area contributed by atoms with Crippen molar-refractivity contribution >= 4 is 27.5 Å². The predicted molar refractivity (Wildman–Crippen MR) is 61.5 cm³/mol. The average Bonchev–Trinajstić information content (AvgIpc) is 2.96. The lowest BCUT2D eigenvalue weighted by Gasteiger charge is -2.02. The largest absolute Gasteiger partial charge is 0.476 e. The Morgan fingerprint density at radius 1 is 1.41 bits per heavy atom. The first-order valence-corrected chi connectivity index (χ1v) is 5.61. The molecule has 1 N–H and O–H groups in total. The van der Waals surface area contributed by atoms with E-state index in [2.05, 4.69) is 15.3 Å². The summed E-state index contributed by atoms with van der Waals surface area (Å²) in [5, 5.41) is 16.4. The molecule has 0 amide bonds. The van der Waals surface area contributed by atoms with Crippen LogP contribution in [0.4, 0.5) is 0 Å². The van der Waals surface area contributed by atoms with Gasteiger partial charge in [-0.3, -0.25) is 0 Å². The second kappa shape index (κ2) is 3.63. The summed E-state index contributed by atoms with van der Waals surface area (Å²) in [5.41, 5.74) is 3.33. The lowest BCUT2D eigenvalue weighted by Crippen LogP contribution is -2.07. The molecular formula is C10H6N4O2S. The van der Waals surface area contributed by atoms with Crippen LogP contribution in [0.25, 0.3) is 15.9 Å². The number of fused-ring (bicyclic) bond motifs is 1. The lowest BCUT2D eigenvalue weighted by atomic mass is 10.3. The number of hydrogen-bond acceptors (Lipinski definition) is 5. The number of carbonyl (C=O) groups is 1. The van der Waals surface area contributed by atoms with E-state index in [0.29, 0.717) is 5.69 Å². The predicted octanol–water partition coefficient (Wildman–Crippen LogP) is 1.58. The topological polar surface area (TPSA) is 80.9 Å². The Balaban J connectivity index is 2.19. The molecule has 6 nitrogen and oxygen atoms in total. The summed E-state index contributed by atoms with van der Waals surface area (Å²) in [6.45, 7) is 0. The van der Waals surface area contributed by atoms with E-state index < -0.39 is 5.97 Å². The van der Waals surface area contributed by atoms with Gasteiger partial charge in [-0.1, -0.05) is 5.21 Å². The van der Waals surface area contributed by atoms with Crippen molar-refractivity contribution in [2.24, 2.45) is 0 Å². The van der Waals surface area contributed by atoms with E-state index in [1.807, 2.05) is 12.1 Å². The molecule has 0 unspecified atom stereocenters. The zero-order chi connectivity index (χ0) is 11.8. The van der Waals surface area contributed by atoms with E-state index in [1.165, 1.54) is 22.2 Å². The molecule has 0 radical (unpaired) electrons. The molecule has 3 aromatic rings. The Hall–Kier alpha value is -2.28. The minimum Gasteiger partial charge on any atom is -0.476 e. The summed E-state index contributed by atoms with van der Waals surface area (Å²) in [6, 6.07) is 5.44. The Morgan fingerprint density at radius 2 is 2.29 bits per heavy atom. The van der Waals surface area contributed by atoms with Crippen LogP contribution in [0.3, 0.4) is 0 Å². The molecule has 0 aliphatic heterocycles. The van der Waals surface area contributed by atoms with Crippen molar-refractivity contribution < 1.29 is 9.90 Å². The van der Waals surface area contributed by atoms with Gasteiger partial charge in [0.2, 0.25) is 0 Å². The van der Waals surface area contributed by atoms with Crippen molar-refractivity contribution in [3.8, 4) is 5.69 Å². The number of benzene rings is 1. The van der Waals surface area contributed by atoms with Gasteiger partial charge in [0.15, 0.2) is 5.69 Å². The minimum atomic E-state index is -1.06. The second-order valence-electron chi connectivity index (χ2n) is 3.34. The van der Waals surface area contributed by atoms with Crippen LogP contribution in [-0.2, 0) is 0 Å². The fourth-order valence-electron chi connectivity index (χ4n) is 1.55. The van der Waals surface area contributed by atoms with Gasteiger partial charge in [-0.2, -0.15) is 0 Å². The van der Waals surface area contributed by atoms with Crippen molar-refractivity contribution in [1.82, 2.24) is 20.0 Å². The number of aromatic carboxylic acids is 1. The first-order chi connectivity index (χ1) is 8.25. The number of thiazole rings is 1. The van der Waals surface area contributed by atoms with Crippen LogP contribution in [0.1, 0.15) is 10.5 Å². The number of carboxylic acids is 1. The van der Waals surface area contributed by atoms with Crippen LogP contribution in [0.5, 0.6) is 0 Å². The molecule has 0 spiro atoms.